The zero-order chi connectivity index (χ0) is 15.1. The number of aryl methyl sites for hydroxylation is 2. The molecule has 3 aromatic rings. The van der Waals surface area contributed by atoms with E-state index in [9.17, 15) is 0 Å². The van der Waals surface area contributed by atoms with E-state index in [-0.39, 0.29) is 0 Å². The Hall–Kier alpha value is -2.60. The largest absolute Gasteiger partial charge is 0.0616 e. The average molecular weight is 282 g/mol. The third kappa shape index (κ3) is 2.08. The molecular formula is C22H18. The maximum atomic E-state index is 2.31. The fourth-order valence-electron chi connectivity index (χ4n) is 3.20. The molecule has 4 rings (SSSR count). The molecule has 0 aliphatic heterocycles. The molecule has 0 heteroatoms. The number of fused-ring (bicyclic) bond motifs is 3. The summed E-state index contributed by atoms with van der Waals surface area (Å²) in [4.78, 5) is 0. The first-order chi connectivity index (χ1) is 10.7. The van der Waals surface area contributed by atoms with Crippen LogP contribution < -0.4 is 0 Å². The van der Waals surface area contributed by atoms with Gasteiger partial charge in [-0.1, -0.05) is 77.9 Å². The lowest BCUT2D eigenvalue weighted by atomic mass is 9.99. The maximum Gasteiger partial charge on any atom is -0.00929 e. The van der Waals surface area contributed by atoms with Crippen molar-refractivity contribution >= 4 is 11.6 Å². The zero-order valence-electron chi connectivity index (χ0n) is 12.9. The molecule has 1 aliphatic carbocycles. The predicted octanol–water partition coefficient (Wildman–Crippen LogP) is 5.87. The molecule has 0 saturated heterocycles. The second-order valence-corrected chi connectivity index (χ2v) is 6.06. The Balaban J connectivity index is 1.96. The Bertz CT molecular complexity index is 880. The van der Waals surface area contributed by atoms with Gasteiger partial charge in [-0.25, -0.2) is 0 Å². The topological polar surface area (TPSA) is 0 Å². The van der Waals surface area contributed by atoms with Crippen LogP contribution in [0.1, 0.15) is 27.8 Å². The van der Waals surface area contributed by atoms with Crippen molar-refractivity contribution in [2.24, 2.45) is 0 Å². The molecule has 106 valence electrons. The van der Waals surface area contributed by atoms with Gasteiger partial charge in [-0.05, 0) is 53.3 Å². The predicted molar refractivity (Wildman–Crippen MR) is 94.8 cm³/mol. The quantitative estimate of drug-likeness (QED) is 0.409. The molecule has 0 radical (unpaired) electrons. The summed E-state index contributed by atoms with van der Waals surface area (Å²) in [6.45, 7) is 4.28. The highest BCUT2D eigenvalue weighted by Crippen LogP contribution is 2.45. The van der Waals surface area contributed by atoms with Gasteiger partial charge in [0.1, 0.15) is 0 Å². The summed E-state index contributed by atoms with van der Waals surface area (Å²) < 4.78 is 0. The van der Waals surface area contributed by atoms with Crippen LogP contribution in [0.4, 0.5) is 0 Å². The summed E-state index contributed by atoms with van der Waals surface area (Å²) in [7, 11) is 0. The van der Waals surface area contributed by atoms with Crippen LogP contribution in [-0.2, 0) is 0 Å². The lowest BCUT2D eigenvalue weighted by molar-refractivity contribution is 1.46. The highest BCUT2D eigenvalue weighted by Gasteiger charge is 2.22. The molecule has 0 bridgehead atoms. The van der Waals surface area contributed by atoms with Gasteiger partial charge in [-0.2, -0.15) is 0 Å². The van der Waals surface area contributed by atoms with Gasteiger partial charge >= 0.3 is 0 Å². The molecule has 0 aromatic heterocycles. The molecule has 1 aliphatic rings. The second-order valence-electron chi connectivity index (χ2n) is 6.06. The van der Waals surface area contributed by atoms with Crippen LogP contribution in [0.3, 0.4) is 0 Å². The SMILES string of the molecule is Cc1ccc(/C=C2\c3ccccc3-c3ccc(C)cc32)cc1. The van der Waals surface area contributed by atoms with Crippen LogP contribution in [0.15, 0.2) is 66.7 Å². The normalized spacial score (nSPS) is 14.0. The van der Waals surface area contributed by atoms with E-state index in [4.69, 9.17) is 0 Å². The lowest BCUT2D eigenvalue weighted by Gasteiger charge is -2.05. The van der Waals surface area contributed by atoms with Crippen LogP contribution in [0.5, 0.6) is 0 Å². The summed E-state index contributed by atoms with van der Waals surface area (Å²) in [6.07, 6.45) is 2.31. The lowest BCUT2D eigenvalue weighted by Crippen LogP contribution is -1.83. The molecule has 0 atom stereocenters. The molecular weight excluding hydrogens is 264 g/mol. The van der Waals surface area contributed by atoms with Gasteiger partial charge in [0, 0.05) is 0 Å². The Labute approximate surface area is 131 Å². The molecule has 0 saturated carbocycles. The Morgan fingerprint density at radius 2 is 1.23 bits per heavy atom. The molecule has 0 spiro atoms. The minimum Gasteiger partial charge on any atom is -0.0616 e. The molecule has 0 N–H and O–H groups in total. The summed E-state index contributed by atoms with van der Waals surface area (Å²) in [5.74, 6) is 0. The smallest absolute Gasteiger partial charge is 0.00929 e. The first kappa shape index (κ1) is 13.1. The molecule has 0 heterocycles. The molecule has 22 heavy (non-hydrogen) atoms. The van der Waals surface area contributed by atoms with E-state index >= 15 is 0 Å². The van der Waals surface area contributed by atoms with Gasteiger partial charge in [0.05, 0.1) is 0 Å². The van der Waals surface area contributed by atoms with Crippen molar-refractivity contribution in [2.45, 2.75) is 13.8 Å². The maximum absolute atomic E-state index is 2.31. The van der Waals surface area contributed by atoms with E-state index in [0.717, 1.165) is 0 Å². The van der Waals surface area contributed by atoms with Crippen molar-refractivity contribution in [3.05, 3.63) is 94.5 Å². The summed E-state index contributed by atoms with van der Waals surface area (Å²) in [6, 6.07) is 24.2. The number of rotatable bonds is 1. The highest BCUT2D eigenvalue weighted by molar-refractivity contribution is 6.06. The third-order valence-corrected chi connectivity index (χ3v) is 4.36. The first-order valence-electron chi connectivity index (χ1n) is 7.71. The van der Waals surface area contributed by atoms with E-state index in [2.05, 4.69) is 86.7 Å². The summed E-state index contributed by atoms with van der Waals surface area (Å²) in [5, 5.41) is 0. The van der Waals surface area contributed by atoms with Crippen LogP contribution >= 0.6 is 0 Å². The average Bonchev–Trinajstić information content (AvgIpc) is 2.83. The van der Waals surface area contributed by atoms with E-state index < -0.39 is 0 Å². The van der Waals surface area contributed by atoms with Crippen molar-refractivity contribution in [1.29, 1.82) is 0 Å². The fourth-order valence-corrected chi connectivity index (χ4v) is 3.20. The van der Waals surface area contributed by atoms with Crippen molar-refractivity contribution in [3.8, 4) is 11.1 Å². The minimum atomic E-state index is 1.25. The Morgan fingerprint density at radius 1 is 0.591 bits per heavy atom. The number of hydrogen-bond acceptors (Lipinski definition) is 0. The molecule has 0 unspecified atom stereocenters. The first-order valence-corrected chi connectivity index (χ1v) is 7.71. The van der Waals surface area contributed by atoms with Gasteiger partial charge in [0.15, 0.2) is 0 Å². The number of benzene rings is 3. The summed E-state index contributed by atoms with van der Waals surface area (Å²) >= 11 is 0. The minimum absolute atomic E-state index is 1.25. The molecule has 3 aromatic carbocycles. The number of hydrogen-bond donors (Lipinski definition) is 0. The molecule has 0 fully saturated rings. The Morgan fingerprint density at radius 3 is 2.00 bits per heavy atom. The molecule has 0 amide bonds. The molecule has 0 nitrogen and oxygen atoms in total. The fraction of sp³-hybridized carbons (Fsp3) is 0.0909. The van der Waals surface area contributed by atoms with Crippen LogP contribution in [0.2, 0.25) is 0 Å². The van der Waals surface area contributed by atoms with E-state index in [0.29, 0.717) is 0 Å². The van der Waals surface area contributed by atoms with E-state index in [1.54, 1.807) is 0 Å². The van der Waals surface area contributed by atoms with Crippen molar-refractivity contribution in [3.63, 3.8) is 0 Å². The third-order valence-electron chi connectivity index (χ3n) is 4.36. The van der Waals surface area contributed by atoms with Gasteiger partial charge in [-0.3, -0.25) is 0 Å². The van der Waals surface area contributed by atoms with Gasteiger partial charge in [0.25, 0.3) is 0 Å². The standard InChI is InChI=1S/C22H18/c1-15-7-10-17(11-8-15)14-22-19-6-4-3-5-18(19)20-12-9-16(2)13-21(20)22/h3-14H,1-2H3/b22-14+. The van der Waals surface area contributed by atoms with Gasteiger partial charge in [0.2, 0.25) is 0 Å². The van der Waals surface area contributed by atoms with Crippen LogP contribution in [-0.4, -0.2) is 0 Å². The van der Waals surface area contributed by atoms with Crippen LogP contribution in [0, 0.1) is 13.8 Å². The van der Waals surface area contributed by atoms with E-state index in [1.165, 1.54) is 44.5 Å². The van der Waals surface area contributed by atoms with Gasteiger partial charge < -0.3 is 0 Å². The van der Waals surface area contributed by atoms with Crippen molar-refractivity contribution in [2.75, 3.05) is 0 Å². The Kier molecular flexibility index (Phi) is 2.97. The summed E-state index contributed by atoms with van der Waals surface area (Å²) in [5.41, 5.74) is 10.6. The van der Waals surface area contributed by atoms with E-state index in [1.807, 2.05) is 0 Å². The van der Waals surface area contributed by atoms with Crippen molar-refractivity contribution in [1.82, 2.24) is 0 Å². The highest BCUT2D eigenvalue weighted by atomic mass is 14.3. The van der Waals surface area contributed by atoms with Crippen LogP contribution in [0.25, 0.3) is 22.8 Å². The zero-order valence-corrected chi connectivity index (χ0v) is 12.9. The van der Waals surface area contributed by atoms with Crippen molar-refractivity contribution < 1.29 is 0 Å². The van der Waals surface area contributed by atoms with Gasteiger partial charge in [-0.15, -0.1) is 0 Å². The monoisotopic (exact) mass is 282 g/mol. The second kappa shape index (κ2) is 4.99.